The highest BCUT2D eigenvalue weighted by atomic mass is 32.1. The minimum absolute atomic E-state index is 0.0880. The predicted molar refractivity (Wildman–Crippen MR) is 205 cm³/mol. The fourth-order valence-corrected chi connectivity index (χ4v) is 6.87. The van der Waals surface area contributed by atoms with Gasteiger partial charge < -0.3 is 31.3 Å². The van der Waals surface area contributed by atoms with Gasteiger partial charge >= 0.3 is 6.03 Å². The summed E-state index contributed by atoms with van der Waals surface area (Å²) < 4.78 is 0. The minimum atomic E-state index is -1.32. The van der Waals surface area contributed by atoms with Crippen molar-refractivity contribution < 1.29 is 24.3 Å². The number of Topliss-reactive ketones (excluding diaryl/α,β-unsaturated/α-hetero) is 1. The van der Waals surface area contributed by atoms with Gasteiger partial charge in [-0.3, -0.25) is 19.7 Å². The number of likely N-dealkylation sites (tertiary alicyclic amines) is 1. The Morgan fingerprint density at radius 2 is 1.66 bits per heavy atom. The molecule has 4 amide bonds. The number of carbonyl (C=O) groups is 4. The molecule has 2 unspecified atom stereocenters. The summed E-state index contributed by atoms with van der Waals surface area (Å²) >= 11 is 4.28. The van der Waals surface area contributed by atoms with Gasteiger partial charge in [-0.25, -0.2) is 4.79 Å². The van der Waals surface area contributed by atoms with Crippen molar-refractivity contribution in [2.75, 3.05) is 31.9 Å². The largest absolute Gasteiger partial charge is 0.376 e. The molecule has 0 aromatic heterocycles. The van der Waals surface area contributed by atoms with Crippen LogP contribution in [0, 0.1) is 28.6 Å². The van der Waals surface area contributed by atoms with Gasteiger partial charge in [0, 0.05) is 31.6 Å². The number of ketones is 1. The van der Waals surface area contributed by atoms with Crippen LogP contribution >= 0.6 is 12.6 Å². The summed E-state index contributed by atoms with van der Waals surface area (Å²) in [6.45, 7) is 25.8. The Labute approximate surface area is 307 Å². The smallest absolute Gasteiger partial charge is 0.315 e. The first-order valence-electron chi connectivity index (χ1n) is 18.6. The highest BCUT2D eigenvalue weighted by Crippen LogP contribution is 2.37. The molecule has 1 heterocycles. The van der Waals surface area contributed by atoms with Gasteiger partial charge in [0.25, 0.3) is 5.91 Å². The van der Waals surface area contributed by atoms with Crippen molar-refractivity contribution in [1.82, 2.24) is 31.5 Å². The molecule has 2 fully saturated rings. The summed E-state index contributed by atoms with van der Waals surface area (Å²) in [6, 6.07) is -3.24. The van der Waals surface area contributed by atoms with E-state index < -0.39 is 47.5 Å². The third-order valence-corrected chi connectivity index (χ3v) is 10.6. The van der Waals surface area contributed by atoms with Crippen molar-refractivity contribution in [1.29, 1.82) is 0 Å². The van der Waals surface area contributed by atoms with E-state index in [-0.39, 0.29) is 41.7 Å². The second kappa shape index (κ2) is 20.0. The average molecular weight is 721 g/mol. The predicted octanol–water partition coefficient (Wildman–Crippen LogP) is 4.18. The molecule has 1 aliphatic heterocycles. The van der Waals surface area contributed by atoms with Crippen LogP contribution in [0.4, 0.5) is 4.79 Å². The number of rotatable bonds is 20. The molecule has 0 spiro atoms. The fourth-order valence-electron chi connectivity index (χ4n) is 6.65. The van der Waals surface area contributed by atoms with Crippen LogP contribution in [0.2, 0.25) is 0 Å². The van der Waals surface area contributed by atoms with Gasteiger partial charge in [-0.1, -0.05) is 92.9 Å². The van der Waals surface area contributed by atoms with Crippen LogP contribution in [0.5, 0.6) is 0 Å². The third-order valence-electron chi connectivity index (χ3n) is 10.2. The summed E-state index contributed by atoms with van der Waals surface area (Å²) in [5.41, 5.74) is -0.0193. The van der Waals surface area contributed by atoms with E-state index in [9.17, 15) is 24.3 Å². The zero-order valence-corrected chi connectivity index (χ0v) is 33.0. The van der Waals surface area contributed by atoms with Crippen molar-refractivity contribution in [2.24, 2.45) is 28.6 Å². The van der Waals surface area contributed by atoms with Gasteiger partial charge in [0.05, 0.1) is 12.1 Å². The van der Waals surface area contributed by atoms with Crippen LogP contribution in [0.3, 0.4) is 0 Å². The Bertz CT molecular complexity index is 1160. The summed E-state index contributed by atoms with van der Waals surface area (Å²) in [5, 5.41) is 27.1. The molecular formula is C38H68N6O5S. The van der Waals surface area contributed by atoms with E-state index in [0.29, 0.717) is 25.9 Å². The molecular weight excluding hydrogens is 653 g/mol. The van der Waals surface area contributed by atoms with Crippen LogP contribution in [-0.2, 0) is 14.4 Å². The van der Waals surface area contributed by atoms with E-state index in [2.05, 4.69) is 73.1 Å². The number of aliphatic hydroxyl groups is 1. The fraction of sp³-hybridized carbons (Fsp3) is 0.789. The van der Waals surface area contributed by atoms with Crippen molar-refractivity contribution in [3.05, 3.63) is 24.8 Å². The molecule has 0 bridgehead atoms. The van der Waals surface area contributed by atoms with Crippen molar-refractivity contribution >= 4 is 36.3 Å². The standard InChI is InChI=1S/C38H68N6O5S/c1-11-18-40-34(47)31(45)28(22-26-15-14-16-26)41-33(46)30-27(25(4)24(2)3)17-20-44(30)35(48)32(38(8,9)10)43-36(49)42-29(37(5,6)7)23-39-19-12-13-21-50/h11,24,26-30,32-33,39,41,46,50H,1,4,12-23H2,2-3,5-10H3,(H,40,47)(H2,42,43,49)/t27-,28?,29-,30+,32-,33?/m1/s1. The van der Waals surface area contributed by atoms with Gasteiger partial charge in [0.1, 0.15) is 12.3 Å². The second-order valence-corrected chi connectivity index (χ2v) is 17.1. The molecule has 6 atom stereocenters. The summed E-state index contributed by atoms with van der Waals surface area (Å²) in [7, 11) is 0. The Morgan fingerprint density at radius 1 is 1.00 bits per heavy atom. The first kappa shape index (κ1) is 43.8. The topological polar surface area (TPSA) is 152 Å². The van der Waals surface area contributed by atoms with Crippen LogP contribution < -0.4 is 26.6 Å². The molecule has 1 saturated carbocycles. The van der Waals surface area contributed by atoms with E-state index in [1.54, 1.807) is 4.90 Å². The molecule has 2 aliphatic rings. The second-order valence-electron chi connectivity index (χ2n) is 16.7. The number of hydrogen-bond acceptors (Lipinski definition) is 8. The number of urea groups is 1. The van der Waals surface area contributed by atoms with Crippen LogP contribution in [-0.4, -0.2) is 96.0 Å². The molecule has 0 aromatic carbocycles. The lowest BCUT2D eigenvalue weighted by molar-refractivity contribution is -0.142. The summed E-state index contributed by atoms with van der Waals surface area (Å²) in [4.78, 5) is 55.9. The summed E-state index contributed by atoms with van der Waals surface area (Å²) in [6.07, 6.45) is 6.15. The Hall–Kier alpha value is -2.41. The quantitative estimate of drug-likeness (QED) is 0.0328. The van der Waals surface area contributed by atoms with Crippen LogP contribution in [0.15, 0.2) is 24.8 Å². The Morgan fingerprint density at radius 3 is 2.18 bits per heavy atom. The zero-order chi connectivity index (χ0) is 37.8. The first-order valence-corrected chi connectivity index (χ1v) is 19.2. The zero-order valence-electron chi connectivity index (χ0n) is 32.1. The number of nitrogens with zero attached hydrogens (tertiary/aromatic N) is 1. The summed E-state index contributed by atoms with van der Waals surface area (Å²) in [5.74, 6) is -0.776. The maximum Gasteiger partial charge on any atom is 0.315 e. The molecule has 11 nitrogen and oxygen atoms in total. The Balaban J connectivity index is 2.35. The van der Waals surface area contributed by atoms with E-state index in [1.807, 2.05) is 34.6 Å². The SMILES string of the molecule is C=CCNC(=O)C(=O)C(CC1CCC1)NC(O)[C@@H]1[C@@H](C(=C)C(C)C)CCN1C(=O)[C@@H](NC(=O)N[C@H](CNCCCCS)C(C)(C)C)C(C)(C)C. The van der Waals surface area contributed by atoms with Gasteiger partial charge in [-0.2, -0.15) is 12.6 Å². The van der Waals surface area contributed by atoms with Crippen LogP contribution in [0.1, 0.15) is 100 Å². The van der Waals surface area contributed by atoms with Crippen molar-refractivity contribution in [3.8, 4) is 0 Å². The number of carbonyl (C=O) groups excluding carboxylic acids is 4. The molecule has 0 radical (unpaired) electrons. The normalized spacial score (nSPS) is 20.7. The monoisotopic (exact) mass is 720 g/mol. The van der Waals surface area contributed by atoms with Gasteiger partial charge in [0.2, 0.25) is 11.7 Å². The van der Waals surface area contributed by atoms with E-state index in [4.69, 9.17) is 0 Å². The van der Waals surface area contributed by atoms with Gasteiger partial charge in [-0.15, -0.1) is 6.58 Å². The molecule has 0 aromatic rings. The lowest BCUT2D eigenvalue weighted by Crippen LogP contribution is -2.63. The number of hydrogen-bond donors (Lipinski definition) is 7. The number of thiol groups is 1. The lowest BCUT2D eigenvalue weighted by Gasteiger charge is -2.40. The maximum atomic E-state index is 14.6. The number of amides is 4. The molecule has 12 heteroatoms. The highest BCUT2D eigenvalue weighted by molar-refractivity contribution is 7.80. The first-order chi connectivity index (χ1) is 23.3. The molecule has 286 valence electrons. The molecule has 50 heavy (non-hydrogen) atoms. The molecule has 1 saturated heterocycles. The minimum Gasteiger partial charge on any atom is -0.376 e. The lowest BCUT2D eigenvalue weighted by atomic mass is 9.79. The van der Waals surface area contributed by atoms with Gasteiger partial charge in [0.15, 0.2) is 0 Å². The maximum absolute atomic E-state index is 14.6. The van der Waals surface area contributed by atoms with Crippen molar-refractivity contribution in [2.45, 2.75) is 131 Å². The van der Waals surface area contributed by atoms with E-state index >= 15 is 0 Å². The number of unbranched alkanes of at least 4 members (excludes halogenated alkanes) is 1. The van der Waals surface area contributed by atoms with E-state index in [0.717, 1.165) is 50.0 Å². The Kier molecular flexibility index (Phi) is 17.5. The molecule has 1 aliphatic carbocycles. The highest BCUT2D eigenvalue weighted by Gasteiger charge is 2.48. The third kappa shape index (κ3) is 13.0. The number of nitrogens with one attached hydrogen (secondary N) is 5. The van der Waals surface area contributed by atoms with Crippen LogP contribution in [0.25, 0.3) is 0 Å². The van der Waals surface area contributed by atoms with Gasteiger partial charge in [-0.05, 0) is 60.6 Å². The number of aliphatic hydroxyl groups excluding tert-OH is 1. The average Bonchev–Trinajstić information content (AvgIpc) is 3.46. The van der Waals surface area contributed by atoms with Crippen molar-refractivity contribution in [3.63, 3.8) is 0 Å². The molecule has 2 rings (SSSR count). The van der Waals surface area contributed by atoms with E-state index in [1.165, 1.54) is 6.08 Å². The molecule has 6 N–H and O–H groups in total.